The van der Waals surface area contributed by atoms with Crippen LogP contribution in [0.2, 0.25) is 5.02 Å². The molecule has 1 N–H and O–H groups in total. The molecule has 0 aliphatic heterocycles. The van der Waals surface area contributed by atoms with Crippen molar-refractivity contribution in [1.82, 2.24) is 20.2 Å². The first kappa shape index (κ1) is 19.4. The summed E-state index contributed by atoms with van der Waals surface area (Å²) in [6.45, 7) is 2.33. The Morgan fingerprint density at radius 2 is 2.18 bits per heavy atom. The molecule has 0 fully saturated rings. The van der Waals surface area contributed by atoms with Gasteiger partial charge in [-0.2, -0.15) is 0 Å². The van der Waals surface area contributed by atoms with Gasteiger partial charge in [0.05, 0.1) is 24.4 Å². The fraction of sp³-hybridized carbons (Fsp3) is 0.158. The van der Waals surface area contributed by atoms with Crippen LogP contribution >= 0.6 is 11.6 Å². The second-order valence-electron chi connectivity index (χ2n) is 5.59. The van der Waals surface area contributed by atoms with Gasteiger partial charge in [-0.25, -0.2) is 4.68 Å². The lowest BCUT2D eigenvalue weighted by molar-refractivity contribution is -0.111. The van der Waals surface area contributed by atoms with Gasteiger partial charge in [-0.05, 0) is 59.3 Å². The minimum atomic E-state index is -0.294. The number of benzene rings is 2. The van der Waals surface area contributed by atoms with Crippen LogP contribution in [0.3, 0.4) is 0 Å². The van der Waals surface area contributed by atoms with E-state index in [4.69, 9.17) is 21.1 Å². The van der Waals surface area contributed by atoms with Gasteiger partial charge < -0.3 is 14.8 Å². The average Bonchev–Trinajstić information content (AvgIpc) is 3.23. The highest BCUT2D eigenvalue weighted by molar-refractivity contribution is 6.32. The Morgan fingerprint density at radius 1 is 1.32 bits per heavy atom. The monoisotopic (exact) mass is 399 g/mol. The van der Waals surface area contributed by atoms with E-state index in [0.29, 0.717) is 34.4 Å². The zero-order valence-corrected chi connectivity index (χ0v) is 16.1. The van der Waals surface area contributed by atoms with Crippen molar-refractivity contribution >= 4 is 29.3 Å². The quantitative estimate of drug-likeness (QED) is 0.612. The Hall–Kier alpha value is -3.39. The third-order valence-electron chi connectivity index (χ3n) is 3.69. The molecule has 28 heavy (non-hydrogen) atoms. The maximum absolute atomic E-state index is 12.3. The van der Waals surface area contributed by atoms with E-state index in [9.17, 15) is 4.79 Å². The van der Waals surface area contributed by atoms with Crippen molar-refractivity contribution in [3.8, 4) is 17.2 Å². The first-order valence-electron chi connectivity index (χ1n) is 8.43. The lowest BCUT2D eigenvalue weighted by atomic mass is 10.2. The molecule has 0 atom stereocenters. The molecule has 9 heteroatoms. The van der Waals surface area contributed by atoms with E-state index in [-0.39, 0.29) is 5.91 Å². The first-order valence-corrected chi connectivity index (χ1v) is 8.81. The summed E-state index contributed by atoms with van der Waals surface area (Å²) >= 11 is 6.25. The summed E-state index contributed by atoms with van der Waals surface area (Å²) < 4.78 is 12.3. The number of ether oxygens (including phenoxy) is 2. The van der Waals surface area contributed by atoms with Gasteiger partial charge in [0, 0.05) is 11.8 Å². The number of hydrogen-bond acceptors (Lipinski definition) is 6. The van der Waals surface area contributed by atoms with Gasteiger partial charge in [0.1, 0.15) is 6.33 Å². The normalized spacial score (nSPS) is 10.8. The van der Waals surface area contributed by atoms with Gasteiger partial charge in [-0.1, -0.05) is 17.7 Å². The molecular weight excluding hydrogens is 382 g/mol. The Labute approximate surface area is 166 Å². The Kier molecular flexibility index (Phi) is 6.23. The Morgan fingerprint density at radius 3 is 2.89 bits per heavy atom. The molecule has 0 unspecified atom stereocenters. The number of carbonyl (C=O) groups excluding carboxylic acids is 1. The summed E-state index contributed by atoms with van der Waals surface area (Å²) in [5, 5.41) is 14.2. The molecular formula is C19H18ClN5O3. The number of hydrogen-bond donors (Lipinski definition) is 1. The highest BCUT2D eigenvalue weighted by atomic mass is 35.5. The predicted octanol–water partition coefficient (Wildman–Crippen LogP) is 3.37. The van der Waals surface area contributed by atoms with E-state index in [2.05, 4.69) is 20.8 Å². The molecule has 0 aliphatic rings. The lowest BCUT2D eigenvalue weighted by Crippen LogP contribution is -2.08. The number of tetrazole rings is 1. The highest BCUT2D eigenvalue weighted by Gasteiger charge is 2.11. The topological polar surface area (TPSA) is 91.2 Å². The molecule has 0 saturated heterocycles. The summed E-state index contributed by atoms with van der Waals surface area (Å²) in [6, 6.07) is 10.6. The second-order valence-corrected chi connectivity index (χ2v) is 6.00. The molecule has 0 radical (unpaired) electrons. The molecule has 0 aliphatic carbocycles. The summed E-state index contributed by atoms with van der Waals surface area (Å²) in [5.41, 5.74) is 2.06. The van der Waals surface area contributed by atoms with Crippen molar-refractivity contribution in [3.05, 3.63) is 59.4 Å². The number of methoxy groups -OCH3 is 1. The van der Waals surface area contributed by atoms with E-state index >= 15 is 0 Å². The van der Waals surface area contributed by atoms with E-state index in [1.54, 1.807) is 36.4 Å². The third kappa shape index (κ3) is 4.66. The summed E-state index contributed by atoms with van der Waals surface area (Å²) in [4.78, 5) is 12.3. The van der Waals surface area contributed by atoms with Crippen molar-refractivity contribution in [2.24, 2.45) is 0 Å². The number of aromatic nitrogens is 4. The van der Waals surface area contributed by atoms with Crippen molar-refractivity contribution in [3.63, 3.8) is 0 Å². The highest BCUT2D eigenvalue weighted by Crippen LogP contribution is 2.36. The molecule has 2 aromatic carbocycles. The smallest absolute Gasteiger partial charge is 0.248 e. The van der Waals surface area contributed by atoms with Crippen LogP contribution in [0.25, 0.3) is 11.8 Å². The van der Waals surface area contributed by atoms with Crippen LogP contribution in [0, 0.1) is 0 Å². The van der Waals surface area contributed by atoms with Gasteiger partial charge in [0.2, 0.25) is 5.91 Å². The largest absolute Gasteiger partial charge is 0.493 e. The number of amides is 1. The molecule has 3 rings (SSSR count). The van der Waals surface area contributed by atoms with Gasteiger partial charge in [-0.15, -0.1) is 5.10 Å². The van der Waals surface area contributed by atoms with Crippen molar-refractivity contribution in [2.75, 3.05) is 19.0 Å². The standard InChI is InChI=1S/C19H18ClN5O3/c1-3-28-19-16(20)9-13(10-17(19)27-2)7-8-18(26)22-14-5-4-6-15(11-14)25-12-21-23-24-25/h4-12H,3H2,1-2H3,(H,22,26)/b8-7+. The van der Waals surface area contributed by atoms with Crippen molar-refractivity contribution in [2.45, 2.75) is 6.92 Å². The number of nitrogens with zero attached hydrogens (tertiary/aromatic N) is 4. The Bertz CT molecular complexity index is 989. The van der Waals surface area contributed by atoms with Crippen LogP contribution in [-0.4, -0.2) is 39.8 Å². The van der Waals surface area contributed by atoms with Gasteiger partial charge in [-0.3, -0.25) is 4.79 Å². The van der Waals surface area contributed by atoms with Gasteiger partial charge in [0.15, 0.2) is 11.5 Å². The molecule has 3 aromatic rings. The van der Waals surface area contributed by atoms with Crippen LogP contribution in [0.4, 0.5) is 5.69 Å². The summed E-state index contributed by atoms with van der Waals surface area (Å²) in [5.74, 6) is 0.689. The van der Waals surface area contributed by atoms with Crippen LogP contribution in [0.15, 0.2) is 48.8 Å². The Balaban J connectivity index is 1.72. The SMILES string of the molecule is CCOc1c(Cl)cc(/C=C/C(=O)Nc2cccc(-n3cnnn3)c2)cc1OC. The number of rotatable bonds is 7. The molecule has 1 aromatic heterocycles. The fourth-order valence-corrected chi connectivity index (χ4v) is 2.76. The molecule has 0 saturated carbocycles. The predicted molar refractivity (Wildman–Crippen MR) is 106 cm³/mol. The number of carbonyl (C=O) groups is 1. The van der Waals surface area contributed by atoms with Gasteiger partial charge >= 0.3 is 0 Å². The summed E-state index contributed by atoms with van der Waals surface area (Å²) in [6.07, 6.45) is 4.53. The third-order valence-corrected chi connectivity index (χ3v) is 3.98. The van der Waals surface area contributed by atoms with E-state index < -0.39 is 0 Å². The van der Waals surface area contributed by atoms with Gasteiger partial charge in [0.25, 0.3) is 0 Å². The molecule has 0 spiro atoms. The summed E-state index contributed by atoms with van der Waals surface area (Å²) in [7, 11) is 1.53. The zero-order chi connectivity index (χ0) is 19.9. The maximum atomic E-state index is 12.3. The fourth-order valence-electron chi connectivity index (χ4n) is 2.48. The minimum absolute atomic E-state index is 0.294. The van der Waals surface area contributed by atoms with Crippen LogP contribution in [0.5, 0.6) is 11.5 Å². The average molecular weight is 400 g/mol. The minimum Gasteiger partial charge on any atom is -0.493 e. The van der Waals surface area contributed by atoms with Crippen LogP contribution in [0.1, 0.15) is 12.5 Å². The molecule has 8 nitrogen and oxygen atoms in total. The lowest BCUT2D eigenvalue weighted by Gasteiger charge is -2.11. The first-order chi connectivity index (χ1) is 13.6. The zero-order valence-electron chi connectivity index (χ0n) is 15.3. The van der Waals surface area contributed by atoms with Crippen LogP contribution < -0.4 is 14.8 Å². The van der Waals surface area contributed by atoms with Crippen molar-refractivity contribution < 1.29 is 14.3 Å². The second kappa shape index (κ2) is 9.01. The molecule has 1 heterocycles. The van der Waals surface area contributed by atoms with Crippen LogP contribution in [-0.2, 0) is 4.79 Å². The maximum Gasteiger partial charge on any atom is 0.248 e. The van der Waals surface area contributed by atoms with E-state index in [1.807, 2.05) is 13.0 Å². The number of anilines is 1. The van der Waals surface area contributed by atoms with Crippen molar-refractivity contribution in [1.29, 1.82) is 0 Å². The molecule has 144 valence electrons. The molecule has 1 amide bonds. The van der Waals surface area contributed by atoms with E-state index in [1.165, 1.54) is 24.2 Å². The number of halogens is 1. The van der Waals surface area contributed by atoms with E-state index in [0.717, 1.165) is 5.69 Å². The number of nitrogens with one attached hydrogen (secondary N) is 1. The molecule has 0 bridgehead atoms.